The van der Waals surface area contributed by atoms with Gasteiger partial charge in [-0.1, -0.05) is 6.07 Å². The molecule has 0 bridgehead atoms. The molecule has 0 saturated heterocycles. The van der Waals surface area contributed by atoms with E-state index >= 15 is 0 Å². The van der Waals surface area contributed by atoms with Crippen molar-refractivity contribution in [1.29, 1.82) is 0 Å². The summed E-state index contributed by atoms with van der Waals surface area (Å²) in [6.45, 7) is 0. The third kappa shape index (κ3) is 3.27. The fourth-order valence-electron chi connectivity index (χ4n) is 4.41. The number of thiophene rings is 1. The first-order valence-electron chi connectivity index (χ1n) is 10.1. The van der Waals surface area contributed by atoms with Crippen molar-refractivity contribution in [2.45, 2.75) is 24.8 Å². The Labute approximate surface area is 188 Å². The van der Waals surface area contributed by atoms with E-state index in [4.69, 9.17) is 18.8 Å². The molecule has 166 valence electrons. The lowest BCUT2D eigenvalue weighted by atomic mass is 9.80. The summed E-state index contributed by atoms with van der Waals surface area (Å²) in [6.07, 6.45) is 1.09. The number of ether oxygens (including phenoxy) is 3. The Balaban J connectivity index is 1.66. The monoisotopic (exact) mass is 454 g/mol. The summed E-state index contributed by atoms with van der Waals surface area (Å²) in [5, 5.41) is 16.6. The summed E-state index contributed by atoms with van der Waals surface area (Å²) in [5.74, 6) is 2.47. The number of aromatic nitrogens is 2. The van der Waals surface area contributed by atoms with Gasteiger partial charge in [-0.05, 0) is 40.3 Å². The van der Waals surface area contributed by atoms with E-state index in [2.05, 4.69) is 27.0 Å². The fraction of sp³-hybridized carbons (Fsp3) is 0.318. The van der Waals surface area contributed by atoms with Crippen LogP contribution < -0.4 is 24.8 Å². The predicted molar refractivity (Wildman–Crippen MR) is 119 cm³/mol. The second-order valence-electron chi connectivity index (χ2n) is 7.52. The van der Waals surface area contributed by atoms with Gasteiger partial charge in [0, 0.05) is 34.0 Å². The Hall–Kier alpha value is -3.53. The number of nitrogens with zero attached hydrogens (tertiary/aromatic N) is 2. The van der Waals surface area contributed by atoms with Crippen LogP contribution in [0.1, 0.15) is 35.2 Å². The summed E-state index contributed by atoms with van der Waals surface area (Å²) in [6, 6.07) is 7.19. The highest BCUT2D eigenvalue weighted by Gasteiger charge is 2.39. The molecule has 32 heavy (non-hydrogen) atoms. The number of Topliss-reactive ketones (excluding diaryl/α,β-unsaturated/α-hetero) is 1. The maximum atomic E-state index is 13.5. The van der Waals surface area contributed by atoms with E-state index in [0.29, 0.717) is 47.3 Å². The average Bonchev–Trinajstić information content (AvgIpc) is 3.47. The quantitative estimate of drug-likeness (QED) is 0.588. The number of carbonyl (C=O) groups excluding carboxylic acids is 1. The number of carbonyl (C=O) groups is 1. The topological polar surface area (TPSA) is 108 Å². The molecule has 1 aliphatic carbocycles. The van der Waals surface area contributed by atoms with E-state index in [-0.39, 0.29) is 11.7 Å². The van der Waals surface area contributed by atoms with Crippen molar-refractivity contribution in [2.24, 2.45) is 0 Å². The second kappa shape index (κ2) is 8.19. The Kier molecular flexibility index (Phi) is 5.22. The van der Waals surface area contributed by atoms with Gasteiger partial charge in [0.2, 0.25) is 17.4 Å². The van der Waals surface area contributed by atoms with Gasteiger partial charge in [-0.2, -0.15) is 0 Å². The molecule has 0 spiro atoms. The smallest absolute Gasteiger partial charge is 0.219 e. The highest BCUT2D eigenvalue weighted by atomic mass is 32.1. The molecule has 2 aliphatic rings. The molecule has 2 atom stereocenters. The van der Waals surface area contributed by atoms with Crippen molar-refractivity contribution in [3.63, 3.8) is 0 Å². The number of anilines is 2. The van der Waals surface area contributed by atoms with E-state index in [9.17, 15) is 4.79 Å². The zero-order valence-electron chi connectivity index (χ0n) is 17.8. The van der Waals surface area contributed by atoms with Gasteiger partial charge in [-0.15, -0.1) is 11.3 Å². The first kappa shape index (κ1) is 20.4. The zero-order chi connectivity index (χ0) is 22.2. The molecule has 2 N–H and O–H groups in total. The van der Waals surface area contributed by atoms with Crippen molar-refractivity contribution in [3.05, 3.63) is 51.4 Å². The normalized spacial score (nSPS) is 19.9. The van der Waals surface area contributed by atoms with Gasteiger partial charge >= 0.3 is 0 Å². The Morgan fingerprint density at radius 1 is 1.03 bits per heavy atom. The van der Waals surface area contributed by atoms with Crippen molar-refractivity contribution in [3.8, 4) is 17.2 Å². The third-order valence-electron chi connectivity index (χ3n) is 5.83. The molecule has 1 aliphatic heterocycles. The predicted octanol–water partition coefficient (Wildman–Crippen LogP) is 4.14. The van der Waals surface area contributed by atoms with E-state index < -0.39 is 6.04 Å². The fourth-order valence-corrected chi connectivity index (χ4v) is 5.24. The molecule has 0 fully saturated rings. The zero-order valence-corrected chi connectivity index (χ0v) is 18.6. The first-order chi connectivity index (χ1) is 15.6. The molecule has 0 radical (unpaired) electrons. The van der Waals surface area contributed by atoms with Gasteiger partial charge in [0.05, 0.1) is 27.4 Å². The number of benzene rings is 1. The SMILES string of the molecule is COc1ccc([C@@H]2Nc3nonc3NC3=C2C(=O)C[C@@H](c2cccs2)C3)c(OC)c1OC. The molecular weight excluding hydrogens is 432 g/mol. The van der Waals surface area contributed by atoms with E-state index in [0.717, 1.165) is 11.3 Å². The van der Waals surface area contributed by atoms with Gasteiger partial charge in [-0.3, -0.25) is 4.79 Å². The number of allylic oxidation sites excluding steroid dienone is 1. The Bertz CT molecular complexity index is 1190. The van der Waals surface area contributed by atoms with Gasteiger partial charge in [0.15, 0.2) is 17.3 Å². The van der Waals surface area contributed by atoms with E-state index in [1.54, 1.807) is 38.7 Å². The summed E-state index contributed by atoms with van der Waals surface area (Å²) < 4.78 is 21.6. The molecule has 9 nitrogen and oxygen atoms in total. The lowest BCUT2D eigenvalue weighted by Gasteiger charge is -2.30. The number of ketones is 1. The molecule has 0 unspecified atom stereocenters. The van der Waals surface area contributed by atoms with Crippen LogP contribution in [0.3, 0.4) is 0 Å². The van der Waals surface area contributed by atoms with Crippen LogP contribution in [-0.4, -0.2) is 37.4 Å². The number of hydrogen-bond donors (Lipinski definition) is 2. The molecule has 5 rings (SSSR count). The minimum absolute atomic E-state index is 0.0496. The summed E-state index contributed by atoms with van der Waals surface area (Å²) >= 11 is 1.66. The number of hydrogen-bond acceptors (Lipinski definition) is 10. The van der Waals surface area contributed by atoms with Crippen LogP contribution in [0.4, 0.5) is 11.6 Å². The highest BCUT2D eigenvalue weighted by molar-refractivity contribution is 7.10. The number of nitrogens with one attached hydrogen (secondary N) is 2. The standard InChI is InChI=1S/C22H22N4O5S/c1-28-15-7-6-12(19(29-2)20(15)30-3)18-17-13(23-21-22(24-18)26-31-25-21)9-11(10-14(17)27)16-5-4-8-32-16/h4-8,11,18H,9-10H2,1-3H3,(H,23,25)(H,24,26)/t11-,18-/m0/s1. The van der Waals surface area contributed by atoms with Crippen molar-refractivity contribution in [2.75, 3.05) is 32.0 Å². The minimum Gasteiger partial charge on any atom is -0.493 e. The van der Waals surface area contributed by atoms with Crippen LogP contribution >= 0.6 is 11.3 Å². The molecule has 2 aromatic heterocycles. The van der Waals surface area contributed by atoms with Crippen LogP contribution in [-0.2, 0) is 4.79 Å². The molecular formula is C22H22N4O5S. The highest BCUT2D eigenvalue weighted by Crippen LogP contribution is 2.49. The number of methoxy groups -OCH3 is 3. The molecule has 3 heterocycles. The van der Waals surface area contributed by atoms with Gasteiger partial charge in [0.1, 0.15) is 0 Å². The van der Waals surface area contributed by atoms with Crippen LogP contribution in [0.2, 0.25) is 0 Å². The summed E-state index contributed by atoms with van der Waals surface area (Å²) in [5.41, 5.74) is 2.14. The summed E-state index contributed by atoms with van der Waals surface area (Å²) in [7, 11) is 4.67. The van der Waals surface area contributed by atoms with Crippen LogP contribution in [0.15, 0.2) is 45.5 Å². The van der Waals surface area contributed by atoms with Crippen molar-refractivity contribution in [1.82, 2.24) is 10.3 Å². The average molecular weight is 455 g/mol. The van der Waals surface area contributed by atoms with E-state index in [1.165, 1.54) is 4.88 Å². The Morgan fingerprint density at radius 3 is 2.56 bits per heavy atom. The van der Waals surface area contributed by atoms with Crippen molar-refractivity contribution < 1.29 is 23.6 Å². The molecule has 3 aromatic rings. The van der Waals surface area contributed by atoms with Gasteiger partial charge < -0.3 is 24.8 Å². The molecule has 1 aromatic carbocycles. The van der Waals surface area contributed by atoms with Gasteiger partial charge in [0.25, 0.3) is 0 Å². The van der Waals surface area contributed by atoms with Crippen LogP contribution in [0, 0.1) is 0 Å². The number of rotatable bonds is 5. The third-order valence-corrected chi connectivity index (χ3v) is 6.86. The number of fused-ring (bicyclic) bond motifs is 1. The molecule has 10 heteroatoms. The van der Waals surface area contributed by atoms with Gasteiger partial charge in [-0.25, -0.2) is 4.63 Å². The lowest BCUT2D eigenvalue weighted by molar-refractivity contribution is -0.116. The van der Waals surface area contributed by atoms with Crippen LogP contribution in [0.25, 0.3) is 0 Å². The first-order valence-corrected chi connectivity index (χ1v) is 11.0. The lowest BCUT2D eigenvalue weighted by Crippen LogP contribution is -2.27. The second-order valence-corrected chi connectivity index (χ2v) is 8.50. The van der Waals surface area contributed by atoms with Crippen LogP contribution in [0.5, 0.6) is 17.2 Å². The Morgan fingerprint density at radius 2 is 1.84 bits per heavy atom. The largest absolute Gasteiger partial charge is 0.493 e. The summed E-state index contributed by atoms with van der Waals surface area (Å²) in [4.78, 5) is 14.7. The van der Waals surface area contributed by atoms with E-state index in [1.807, 2.05) is 17.5 Å². The minimum atomic E-state index is -0.544. The molecule has 0 amide bonds. The maximum absolute atomic E-state index is 13.5. The molecule has 0 saturated carbocycles. The maximum Gasteiger partial charge on any atom is 0.219 e. The van der Waals surface area contributed by atoms with Crippen molar-refractivity contribution >= 4 is 28.8 Å².